The average molecular weight is 226 g/mol. The summed E-state index contributed by atoms with van der Waals surface area (Å²) in [6, 6.07) is 3.86. The third-order valence-corrected chi connectivity index (χ3v) is 2.90. The Morgan fingerprint density at radius 1 is 1.36 bits per heavy atom. The van der Waals surface area contributed by atoms with Crippen molar-refractivity contribution in [2.45, 2.75) is 6.42 Å². The summed E-state index contributed by atoms with van der Waals surface area (Å²) in [5.74, 6) is 0.585. The lowest BCUT2D eigenvalue weighted by Gasteiger charge is -1.90. The molecule has 0 unspecified atom stereocenters. The van der Waals surface area contributed by atoms with Crippen LogP contribution in [0.15, 0.2) is 24.5 Å². The van der Waals surface area contributed by atoms with E-state index in [1.54, 1.807) is 23.7 Å². The van der Waals surface area contributed by atoms with Crippen LogP contribution in [0.5, 0.6) is 0 Å². The second kappa shape index (κ2) is 4.48. The van der Waals surface area contributed by atoms with Crippen LogP contribution in [0.1, 0.15) is 5.01 Å². The maximum absolute atomic E-state index is 5.62. The molecule has 0 amide bonds. The van der Waals surface area contributed by atoms with Crippen molar-refractivity contribution in [3.05, 3.63) is 29.5 Å². The van der Waals surface area contributed by atoms with Crippen LogP contribution >= 0.6 is 22.9 Å². The first-order valence-electron chi connectivity index (χ1n) is 4.19. The predicted octanol–water partition coefficient (Wildman–Crippen LogP) is 2.38. The molecule has 0 aromatic carbocycles. The van der Waals surface area contributed by atoms with Crippen LogP contribution in [0.4, 0.5) is 0 Å². The summed E-state index contributed by atoms with van der Waals surface area (Å²) in [5, 5.41) is 9.99. The van der Waals surface area contributed by atoms with Crippen molar-refractivity contribution in [1.82, 2.24) is 15.2 Å². The normalized spacial score (nSPS) is 10.4. The lowest BCUT2D eigenvalue weighted by atomic mass is 10.3. The highest BCUT2D eigenvalue weighted by molar-refractivity contribution is 7.14. The number of aromatic nitrogens is 3. The fourth-order valence-corrected chi connectivity index (χ4v) is 2.16. The predicted molar refractivity (Wildman–Crippen MR) is 57.6 cm³/mol. The molecule has 0 radical (unpaired) electrons. The van der Waals surface area contributed by atoms with Gasteiger partial charge in [0.15, 0.2) is 0 Å². The van der Waals surface area contributed by atoms with Gasteiger partial charge in [0.05, 0.1) is 0 Å². The highest BCUT2D eigenvalue weighted by atomic mass is 35.5. The van der Waals surface area contributed by atoms with Crippen molar-refractivity contribution in [2.75, 3.05) is 5.88 Å². The van der Waals surface area contributed by atoms with Gasteiger partial charge < -0.3 is 0 Å². The van der Waals surface area contributed by atoms with Crippen molar-refractivity contribution in [3.63, 3.8) is 0 Å². The number of pyridine rings is 1. The second-order valence-electron chi connectivity index (χ2n) is 2.68. The maximum atomic E-state index is 5.62. The first-order chi connectivity index (χ1) is 6.90. The molecular weight excluding hydrogens is 218 g/mol. The maximum Gasteiger partial charge on any atom is 0.149 e. The van der Waals surface area contributed by atoms with E-state index in [9.17, 15) is 0 Å². The molecule has 2 heterocycles. The molecule has 0 atom stereocenters. The third kappa shape index (κ3) is 2.08. The highest BCUT2D eigenvalue weighted by Gasteiger charge is 2.05. The number of hydrogen-bond acceptors (Lipinski definition) is 4. The molecule has 0 saturated heterocycles. The Morgan fingerprint density at radius 3 is 3.00 bits per heavy atom. The Labute approximate surface area is 90.8 Å². The zero-order valence-electron chi connectivity index (χ0n) is 7.35. The molecule has 5 heteroatoms. The van der Waals surface area contributed by atoms with Gasteiger partial charge in [-0.05, 0) is 12.1 Å². The average Bonchev–Trinajstić information content (AvgIpc) is 2.68. The molecule has 0 aliphatic carbocycles. The van der Waals surface area contributed by atoms with Crippen LogP contribution in [-0.2, 0) is 6.42 Å². The summed E-state index contributed by atoms with van der Waals surface area (Å²) >= 11 is 7.18. The summed E-state index contributed by atoms with van der Waals surface area (Å²) in [7, 11) is 0. The van der Waals surface area contributed by atoms with Crippen molar-refractivity contribution < 1.29 is 0 Å². The summed E-state index contributed by atoms with van der Waals surface area (Å²) in [6.45, 7) is 0. The van der Waals surface area contributed by atoms with Gasteiger partial charge in [-0.15, -0.1) is 21.8 Å². The lowest BCUT2D eigenvalue weighted by Crippen LogP contribution is -1.83. The number of nitrogens with zero attached hydrogens (tertiary/aromatic N) is 3. The minimum Gasteiger partial charge on any atom is -0.264 e. The zero-order chi connectivity index (χ0) is 9.80. The summed E-state index contributed by atoms with van der Waals surface area (Å²) in [6.07, 6.45) is 4.30. The quantitative estimate of drug-likeness (QED) is 0.753. The van der Waals surface area contributed by atoms with Gasteiger partial charge in [0, 0.05) is 30.3 Å². The molecule has 0 saturated carbocycles. The van der Waals surface area contributed by atoms with Gasteiger partial charge in [-0.3, -0.25) is 4.98 Å². The van der Waals surface area contributed by atoms with Gasteiger partial charge in [-0.1, -0.05) is 11.3 Å². The van der Waals surface area contributed by atoms with E-state index in [0.29, 0.717) is 5.88 Å². The zero-order valence-corrected chi connectivity index (χ0v) is 8.92. The highest BCUT2D eigenvalue weighted by Crippen LogP contribution is 2.22. The molecule has 0 fully saturated rings. The van der Waals surface area contributed by atoms with Crippen LogP contribution in [0.2, 0.25) is 0 Å². The molecule has 14 heavy (non-hydrogen) atoms. The van der Waals surface area contributed by atoms with Gasteiger partial charge in [0.2, 0.25) is 0 Å². The third-order valence-electron chi connectivity index (χ3n) is 1.68. The van der Waals surface area contributed by atoms with Crippen molar-refractivity contribution in [1.29, 1.82) is 0 Å². The Hall–Kier alpha value is -1.00. The minimum absolute atomic E-state index is 0.585. The molecule has 0 spiro atoms. The Morgan fingerprint density at radius 2 is 2.29 bits per heavy atom. The molecule has 2 aromatic rings. The second-order valence-corrected chi connectivity index (χ2v) is 4.12. The molecule has 3 nitrogen and oxygen atoms in total. The summed E-state index contributed by atoms with van der Waals surface area (Å²) in [5.41, 5.74) is 1.01. The summed E-state index contributed by atoms with van der Waals surface area (Å²) < 4.78 is 0. The smallest absolute Gasteiger partial charge is 0.149 e. The van der Waals surface area contributed by atoms with Gasteiger partial charge in [-0.2, -0.15) is 0 Å². The number of halogens is 1. The Kier molecular flexibility index (Phi) is 3.06. The van der Waals surface area contributed by atoms with Crippen LogP contribution in [0, 0.1) is 0 Å². The standard InChI is InChI=1S/C9H8ClN3S/c10-4-3-8-12-13-9(14-8)7-2-1-5-11-6-7/h1-2,5-6H,3-4H2. The van der Waals surface area contributed by atoms with Crippen molar-refractivity contribution >= 4 is 22.9 Å². The SMILES string of the molecule is ClCCc1nnc(-c2cccnc2)s1. The molecule has 0 bridgehead atoms. The fraction of sp³-hybridized carbons (Fsp3) is 0.222. The van der Waals surface area contributed by atoms with E-state index < -0.39 is 0 Å². The molecule has 0 aliphatic heterocycles. The van der Waals surface area contributed by atoms with Gasteiger partial charge in [0.1, 0.15) is 10.0 Å². The van der Waals surface area contributed by atoms with Gasteiger partial charge in [0.25, 0.3) is 0 Å². The first kappa shape index (κ1) is 9.55. The number of hydrogen-bond donors (Lipinski definition) is 0. The van der Waals surface area contributed by atoms with E-state index in [-0.39, 0.29) is 0 Å². The van der Waals surface area contributed by atoms with Crippen molar-refractivity contribution in [3.8, 4) is 10.6 Å². The van der Waals surface area contributed by atoms with E-state index in [2.05, 4.69) is 15.2 Å². The van der Waals surface area contributed by atoms with Crippen LogP contribution in [0.3, 0.4) is 0 Å². The molecule has 72 valence electrons. The van der Waals surface area contributed by atoms with E-state index >= 15 is 0 Å². The molecule has 0 N–H and O–H groups in total. The largest absolute Gasteiger partial charge is 0.264 e. The van der Waals surface area contributed by atoms with Crippen LogP contribution in [0.25, 0.3) is 10.6 Å². The van der Waals surface area contributed by atoms with Crippen LogP contribution in [-0.4, -0.2) is 21.1 Å². The van der Waals surface area contributed by atoms with E-state index in [1.165, 1.54) is 0 Å². The fourth-order valence-electron chi connectivity index (χ4n) is 1.04. The number of alkyl halides is 1. The molecule has 2 aromatic heterocycles. The monoisotopic (exact) mass is 225 g/mol. The molecular formula is C9H8ClN3S. The number of aryl methyl sites for hydroxylation is 1. The summed E-state index contributed by atoms with van der Waals surface area (Å²) in [4.78, 5) is 4.03. The van der Waals surface area contributed by atoms with Gasteiger partial charge in [-0.25, -0.2) is 0 Å². The van der Waals surface area contributed by atoms with E-state index in [1.807, 2.05) is 12.1 Å². The van der Waals surface area contributed by atoms with Crippen LogP contribution < -0.4 is 0 Å². The first-order valence-corrected chi connectivity index (χ1v) is 5.54. The topological polar surface area (TPSA) is 38.7 Å². The van der Waals surface area contributed by atoms with Gasteiger partial charge >= 0.3 is 0 Å². The van der Waals surface area contributed by atoms with E-state index in [4.69, 9.17) is 11.6 Å². The Balaban J connectivity index is 2.25. The van der Waals surface area contributed by atoms with E-state index in [0.717, 1.165) is 22.0 Å². The number of rotatable bonds is 3. The lowest BCUT2D eigenvalue weighted by molar-refractivity contribution is 0.989. The minimum atomic E-state index is 0.585. The van der Waals surface area contributed by atoms with Crippen molar-refractivity contribution in [2.24, 2.45) is 0 Å². The molecule has 0 aliphatic rings. The Bertz CT molecular complexity index is 401. The molecule has 2 rings (SSSR count).